The summed E-state index contributed by atoms with van der Waals surface area (Å²) in [4.78, 5) is 13.4. The molecule has 0 radical (unpaired) electrons. The topological polar surface area (TPSA) is 29.1 Å². The van der Waals surface area contributed by atoms with Crippen LogP contribution >= 0.6 is 46.6 Å². The molecular formula is C19H17Cl3FNOS. The van der Waals surface area contributed by atoms with Gasteiger partial charge in [0.05, 0.1) is 10.0 Å². The molecule has 1 saturated carbocycles. The smallest absolute Gasteiger partial charge is 0.255 e. The number of amides is 1. The lowest BCUT2D eigenvalue weighted by atomic mass is 10.00. The first-order chi connectivity index (χ1) is 12.4. The highest BCUT2D eigenvalue weighted by atomic mass is 35.5. The molecule has 1 fully saturated rings. The van der Waals surface area contributed by atoms with Crippen LogP contribution in [0, 0.1) is 5.82 Å². The molecule has 0 heterocycles. The van der Waals surface area contributed by atoms with E-state index in [1.165, 1.54) is 18.2 Å². The number of halogens is 4. The molecule has 0 atom stereocenters. The normalized spacial score (nSPS) is 20.0. The van der Waals surface area contributed by atoms with Gasteiger partial charge in [0.15, 0.2) is 0 Å². The fourth-order valence-electron chi connectivity index (χ4n) is 2.83. The Hall–Kier alpha value is -0.940. The van der Waals surface area contributed by atoms with Gasteiger partial charge in [-0.15, -0.1) is 23.4 Å². The van der Waals surface area contributed by atoms with Crippen molar-refractivity contribution in [1.82, 2.24) is 0 Å². The molecule has 0 bridgehead atoms. The summed E-state index contributed by atoms with van der Waals surface area (Å²) in [6.45, 7) is 0. The molecule has 3 rings (SSSR count). The quantitative estimate of drug-likeness (QED) is 0.526. The van der Waals surface area contributed by atoms with E-state index in [0.717, 1.165) is 30.6 Å². The second-order valence-electron chi connectivity index (χ2n) is 6.22. The van der Waals surface area contributed by atoms with Gasteiger partial charge in [0.1, 0.15) is 5.82 Å². The molecule has 1 aliphatic carbocycles. The van der Waals surface area contributed by atoms with Crippen molar-refractivity contribution in [2.75, 3.05) is 5.32 Å². The third kappa shape index (κ3) is 5.07. The maximum Gasteiger partial charge on any atom is 0.255 e. The van der Waals surface area contributed by atoms with E-state index in [-0.39, 0.29) is 16.3 Å². The Morgan fingerprint density at radius 1 is 1.04 bits per heavy atom. The Kier molecular flexibility index (Phi) is 6.73. The molecular weight excluding hydrogens is 416 g/mol. The third-order valence-electron chi connectivity index (χ3n) is 4.27. The number of carbonyl (C=O) groups is 1. The molecule has 1 amide bonds. The van der Waals surface area contributed by atoms with E-state index in [4.69, 9.17) is 34.8 Å². The zero-order chi connectivity index (χ0) is 18.7. The van der Waals surface area contributed by atoms with E-state index >= 15 is 0 Å². The van der Waals surface area contributed by atoms with Gasteiger partial charge in [0, 0.05) is 26.8 Å². The van der Waals surface area contributed by atoms with Crippen molar-refractivity contribution < 1.29 is 9.18 Å². The Bertz CT molecular complexity index is 809. The molecule has 0 aromatic heterocycles. The number of benzene rings is 2. The van der Waals surface area contributed by atoms with E-state index in [9.17, 15) is 9.18 Å². The molecule has 7 heteroatoms. The van der Waals surface area contributed by atoms with Gasteiger partial charge in [-0.3, -0.25) is 4.79 Å². The highest BCUT2D eigenvalue weighted by Gasteiger charge is 2.21. The minimum absolute atomic E-state index is 0.0370. The maximum absolute atomic E-state index is 13.2. The summed E-state index contributed by atoms with van der Waals surface area (Å²) in [7, 11) is 0. The minimum Gasteiger partial charge on any atom is -0.322 e. The van der Waals surface area contributed by atoms with Crippen molar-refractivity contribution in [2.45, 2.75) is 41.2 Å². The zero-order valence-electron chi connectivity index (χ0n) is 13.8. The number of hydrogen-bond donors (Lipinski definition) is 1. The van der Waals surface area contributed by atoms with Crippen molar-refractivity contribution in [1.29, 1.82) is 0 Å². The van der Waals surface area contributed by atoms with Crippen molar-refractivity contribution in [3.05, 3.63) is 57.8 Å². The number of anilines is 1. The van der Waals surface area contributed by atoms with Crippen molar-refractivity contribution in [3.8, 4) is 0 Å². The van der Waals surface area contributed by atoms with E-state index in [1.807, 2.05) is 0 Å². The number of thioether (sulfide) groups is 1. The highest BCUT2D eigenvalue weighted by Crippen LogP contribution is 2.38. The van der Waals surface area contributed by atoms with Gasteiger partial charge in [-0.25, -0.2) is 4.39 Å². The van der Waals surface area contributed by atoms with Crippen LogP contribution in [0.3, 0.4) is 0 Å². The Morgan fingerprint density at radius 3 is 2.46 bits per heavy atom. The molecule has 2 aromatic carbocycles. The van der Waals surface area contributed by atoms with Crippen LogP contribution in [0.5, 0.6) is 0 Å². The number of hydrogen-bond acceptors (Lipinski definition) is 2. The Morgan fingerprint density at radius 2 is 1.77 bits per heavy atom. The lowest BCUT2D eigenvalue weighted by Crippen LogP contribution is -2.16. The number of carbonyl (C=O) groups excluding carboxylic acids is 1. The van der Waals surface area contributed by atoms with Crippen LogP contribution in [0.2, 0.25) is 10.0 Å². The molecule has 0 spiro atoms. The van der Waals surface area contributed by atoms with Gasteiger partial charge >= 0.3 is 0 Å². The Labute approximate surface area is 171 Å². The van der Waals surface area contributed by atoms with Gasteiger partial charge in [-0.2, -0.15) is 0 Å². The van der Waals surface area contributed by atoms with Crippen LogP contribution in [-0.4, -0.2) is 16.5 Å². The van der Waals surface area contributed by atoms with Crippen molar-refractivity contribution >= 4 is 58.2 Å². The van der Waals surface area contributed by atoms with Crippen LogP contribution in [-0.2, 0) is 0 Å². The van der Waals surface area contributed by atoms with Crippen LogP contribution in [0.4, 0.5) is 10.1 Å². The van der Waals surface area contributed by atoms with E-state index < -0.39 is 5.82 Å². The molecule has 2 nitrogen and oxygen atoms in total. The second kappa shape index (κ2) is 8.83. The summed E-state index contributed by atoms with van der Waals surface area (Å²) in [5, 5.41) is 4.04. The first-order valence-electron chi connectivity index (χ1n) is 8.29. The van der Waals surface area contributed by atoms with Crippen LogP contribution in [0.15, 0.2) is 41.3 Å². The summed E-state index contributed by atoms with van der Waals surface area (Å²) in [6, 6.07) is 9.25. The monoisotopic (exact) mass is 431 g/mol. The van der Waals surface area contributed by atoms with Gasteiger partial charge in [-0.05, 0) is 62.1 Å². The number of nitrogens with one attached hydrogen (secondary N) is 1. The largest absolute Gasteiger partial charge is 0.322 e. The van der Waals surface area contributed by atoms with Gasteiger partial charge in [0.25, 0.3) is 5.91 Å². The average molecular weight is 433 g/mol. The highest BCUT2D eigenvalue weighted by molar-refractivity contribution is 8.00. The third-order valence-corrected chi connectivity index (χ3v) is 6.83. The molecule has 2 aromatic rings. The van der Waals surface area contributed by atoms with E-state index in [0.29, 0.717) is 21.5 Å². The second-order valence-corrected chi connectivity index (χ2v) is 8.99. The van der Waals surface area contributed by atoms with Crippen molar-refractivity contribution in [2.24, 2.45) is 0 Å². The van der Waals surface area contributed by atoms with E-state index in [1.54, 1.807) is 30.0 Å². The summed E-state index contributed by atoms with van der Waals surface area (Å²) >= 11 is 19.9. The van der Waals surface area contributed by atoms with Crippen molar-refractivity contribution in [3.63, 3.8) is 0 Å². The standard InChI is InChI=1S/C19H17Cl3FNOS/c20-12-2-5-14(6-3-12)26-18-9-11(1-7-15(18)21)19(25)24-13-4-8-17(23)16(22)10-13/h1,4,7-10,12,14H,2-3,5-6H2,(H,24,25). The first-order valence-corrected chi connectivity index (χ1v) is 10.4. The van der Waals surface area contributed by atoms with Gasteiger partial charge in [-0.1, -0.05) is 23.2 Å². The fourth-order valence-corrected chi connectivity index (χ4v) is 4.76. The number of rotatable bonds is 4. The van der Waals surface area contributed by atoms with Crippen LogP contribution in [0.1, 0.15) is 36.0 Å². The van der Waals surface area contributed by atoms with Crippen LogP contribution < -0.4 is 5.32 Å². The molecule has 138 valence electrons. The summed E-state index contributed by atoms with van der Waals surface area (Å²) < 4.78 is 13.2. The minimum atomic E-state index is -0.526. The molecule has 1 N–H and O–H groups in total. The van der Waals surface area contributed by atoms with E-state index in [2.05, 4.69) is 5.32 Å². The first kappa shape index (κ1) is 19.8. The molecule has 1 aliphatic rings. The lowest BCUT2D eigenvalue weighted by Gasteiger charge is -2.24. The molecule has 26 heavy (non-hydrogen) atoms. The van der Waals surface area contributed by atoms with Gasteiger partial charge < -0.3 is 5.32 Å². The predicted molar refractivity (Wildman–Crippen MR) is 109 cm³/mol. The fraction of sp³-hybridized carbons (Fsp3) is 0.316. The molecule has 0 unspecified atom stereocenters. The summed E-state index contributed by atoms with van der Waals surface area (Å²) in [6.07, 6.45) is 4.09. The lowest BCUT2D eigenvalue weighted by molar-refractivity contribution is 0.102. The summed E-state index contributed by atoms with van der Waals surface area (Å²) in [5.74, 6) is -0.822. The maximum atomic E-state index is 13.2. The molecule has 0 saturated heterocycles. The van der Waals surface area contributed by atoms with Crippen LogP contribution in [0.25, 0.3) is 0 Å². The zero-order valence-corrected chi connectivity index (χ0v) is 16.9. The number of alkyl halides is 1. The predicted octanol–water partition coefficient (Wildman–Crippen LogP) is 7.03. The Balaban J connectivity index is 1.71. The van der Waals surface area contributed by atoms with Gasteiger partial charge in [0.2, 0.25) is 0 Å². The SMILES string of the molecule is O=C(Nc1ccc(F)c(Cl)c1)c1ccc(Cl)c(SC2CCC(Cl)CC2)c1. The average Bonchev–Trinajstić information content (AvgIpc) is 2.62. The molecule has 0 aliphatic heterocycles. The summed E-state index contributed by atoms with van der Waals surface area (Å²) in [5.41, 5.74) is 0.925.